The van der Waals surface area contributed by atoms with Gasteiger partial charge in [-0.1, -0.05) is 0 Å². The van der Waals surface area contributed by atoms with Crippen molar-refractivity contribution in [1.82, 2.24) is 4.90 Å². The number of nitrogens with zero attached hydrogens (tertiary/aromatic N) is 1. The van der Waals surface area contributed by atoms with Crippen LogP contribution in [0.1, 0.15) is 6.92 Å². The molecule has 0 aromatic rings. The first kappa shape index (κ1) is 7.29. The van der Waals surface area contributed by atoms with Crippen LogP contribution in [-0.4, -0.2) is 25.0 Å². The van der Waals surface area contributed by atoms with E-state index in [4.69, 9.17) is 6.58 Å². The molecule has 10 heterocycles. The van der Waals surface area contributed by atoms with Gasteiger partial charge in [-0.25, -0.2) is 0 Å². The van der Waals surface area contributed by atoms with E-state index in [1.807, 2.05) is 0 Å². The van der Waals surface area contributed by atoms with Crippen molar-refractivity contribution in [2.24, 2.45) is 0 Å². The van der Waals surface area contributed by atoms with Gasteiger partial charge < -0.3 is 0 Å². The Morgan fingerprint density at radius 2 is 1.44 bits per heavy atom. The Kier molecular flexibility index (Phi) is 0.241. The minimum absolute atomic E-state index is 0.657. The molecule has 10 aliphatic rings. The molecule has 98 valence electrons. The van der Waals surface area contributed by atoms with Crippen molar-refractivity contribution >= 4 is 0 Å². The van der Waals surface area contributed by atoms with Crippen molar-refractivity contribution in [3.63, 3.8) is 0 Å². The third-order valence-corrected chi connectivity index (χ3v) is 58.8. The summed E-state index contributed by atoms with van der Waals surface area (Å²) in [5.74, 6) is 0. The van der Waals surface area contributed by atoms with Gasteiger partial charge in [0.25, 0.3) is 0 Å². The summed E-state index contributed by atoms with van der Waals surface area (Å²) in [6.07, 6.45) is 0. The molecule has 1 nitrogen and oxygen atoms in total. The molecule has 0 aromatic carbocycles. The van der Waals surface area contributed by atoms with Gasteiger partial charge in [0.05, 0.1) is 0 Å². The van der Waals surface area contributed by atoms with E-state index in [1.54, 1.807) is 5.57 Å². The Balaban J connectivity index is 1.48. The second kappa shape index (κ2) is 0.595. The van der Waals surface area contributed by atoms with Gasteiger partial charge in [0.15, 0.2) is 0 Å². The molecule has 5 unspecified atom stereocenters. The summed E-state index contributed by atoms with van der Waals surface area (Å²) in [7, 11) is 4.53. The van der Waals surface area contributed by atoms with E-state index in [-0.39, 0.29) is 0 Å². The number of rotatable bonds is 3. The molecule has 10 saturated heterocycles. The van der Waals surface area contributed by atoms with Crippen molar-refractivity contribution < 1.29 is 6.51 Å². The number of fused-ring (bicyclic) bond motifs is 10. The van der Waals surface area contributed by atoms with E-state index in [0.717, 1.165) is 4.31 Å². The van der Waals surface area contributed by atoms with Gasteiger partial charge in [0, 0.05) is 0 Å². The Hall–Kier alpha value is 0.219. The molecule has 0 N–H and O–H groups in total. The average Bonchev–Trinajstić information content (AvgIpc) is 3.27. The third kappa shape index (κ3) is 0.0728. The van der Waals surface area contributed by atoms with E-state index < -0.39 is 6.51 Å². The Labute approximate surface area is 98.3 Å². The van der Waals surface area contributed by atoms with Crippen LogP contribution in [0.15, 0.2) is 12.2 Å². The van der Waals surface area contributed by atoms with Crippen LogP contribution in [0.5, 0.6) is 0 Å². The summed E-state index contributed by atoms with van der Waals surface area (Å²) in [4.78, 5) is 15.3. The molecule has 0 bridgehead atoms. The monoisotopic (exact) mass is 283 g/mol. The molecular weight excluding hydrogens is 262 g/mol. The van der Waals surface area contributed by atoms with Gasteiger partial charge in [0.1, 0.15) is 0 Å². The van der Waals surface area contributed by atoms with Gasteiger partial charge in [0.2, 0.25) is 0 Å². The van der Waals surface area contributed by atoms with Crippen LogP contribution >= 0.6 is 0 Å². The van der Waals surface area contributed by atoms with Gasteiger partial charge >= 0.3 is 98.3 Å². The average molecular weight is 283 g/mol. The second-order valence-corrected chi connectivity index (χ2v) is 35.4. The molecule has 10 aliphatic heterocycles. The zero-order chi connectivity index (χ0) is 11.7. The standard InChI is InChI=1S/C11H16N.C5H5.Fe/c1-9(10(2)12(3)4)11-7-5-6-8-11;1-2-4-5-3-1;/h5-8,10H,1H2,2-4H3;1-5H;. The van der Waals surface area contributed by atoms with Gasteiger partial charge in [-0.15, -0.1) is 0 Å². The fraction of sp³-hybridized carbons (Fsp3) is 0.875. The summed E-state index contributed by atoms with van der Waals surface area (Å²) in [6, 6.07) is 0.657. The molecule has 18 heavy (non-hydrogen) atoms. The van der Waals surface area contributed by atoms with E-state index in [1.165, 1.54) is 43.3 Å². The molecule has 0 amide bonds. The van der Waals surface area contributed by atoms with E-state index in [9.17, 15) is 0 Å². The second-order valence-electron chi connectivity index (χ2n) is 11.8. The van der Waals surface area contributed by atoms with E-state index >= 15 is 0 Å². The first-order chi connectivity index (χ1) is 8.31. The summed E-state index contributed by atoms with van der Waals surface area (Å²) >= 11 is 0. The molecule has 2 heteroatoms. The van der Waals surface area contributed by atoms with E-state index in [0.29, 0.717) is 6.04 Å². The predicted molar refractivity (Wildman–Crippen MR) is 68.7 cm³/mol. The van der Waals surface area contributed by atoms with Crippen LogP contribution in [0.2, 0.25) is 47.7 Å². The van der Waals surface area contributed by atoms with Crippen molar-refractivity contribution in [2.45, 2.75) is 60.6 Å². The summed E-state index contributed by atoms with van der Waals surface area (Å²) in [5, 5.41) is 0. The molecule has 0 radical (unpaired) electrons. The molecule has 10 rings (SSSR count). The summed E-state index contributed by atoms with van der Waals surface area (Å²) < 4.78 is 0.919. The summed E-state index contributed by atoms with van der Waals surface area (Å²) in [6.45, 7) is 4.32. The Bertz CT molecular complexity index is 938. The van der Waals surface area contributed by atoms with Crippen LogP contribution in [0.3, 0.4) is 0 Å². The number of hydrogen-bond donors (Lipinski definition) is 0. The maximum atomic E-state index is 4.76. The van der Waals surface area contributed by atoms with Crippen molar-refractivity contribution in [3.05, 3.63) is 12.2 Å². The van der Waals surface area contributed by atoms with Crippen LogP contribution in [0.4, 0.5) is 0 Å². The zero-order valence-corrected chi connectivity index (χ0v) is 12.4. The first-order valence-corrected chi connectivity index (χ1v) is 14.2. The normalized spacial score (nSPS) is 115. The first-order valence-electron chi connectivity index (χ1n) is 7.88. The number of hydrogen-bond acceptors (Lipinski definition) is 1. The molecular formula is C16H21FeN. The molecule has 10 fully saturated rings. The van der Waals surface area contributed by atoms with Gasteiger partial charge in [-0.2, -0.15) is 0 Å². The van der Waals surface area contributed by atoms with Crippen LogP contribution < -0.4 is 0 Å². The molecule has 0 saturated carbocycles. The Morgan fingerprint density at radius 1 is 1.00 bits per heavy atom. The Morgan fingerprint density at radius 3 is 1.67 bits per heavy atom. The third-order valence-electron chi connectivity index (χ3n) is 16.4. The van der Waals surface area contributed by atoms with Crippen molar-refractivity contribution in [1.29, 1.82) is 0 Å². The fourth-order valence-corrected chi connectivity index (χ4v) is 92.2. The fourth-order valence-electron chi connectivity index (χ4n) is 17.7. The topological polar surface area (TPSA) is 3.24 Å². The summed E-state index contributed by atoms with van der Waals surface area (Å²) in [5.41, 5.74) is 1.78. The van der Waals surface area contributed by atoms with Crippen molar-refractivity contribution in [3.8, 4) is 0 Å². The van der Waals surface area contributed by atoms with Crippen LogP contribution in [0.25, 0.3) is 0 Å². The van der Waals surface area contributed by atoms with Gasteiger partial charge in [-0.05, 0) is 0 Å². The quantitative estimate of drug-likeness (QED) is 0.553. The van der Waals surface area contributed by atoms with Crippen LogP contribution in [-0.2, 0) is 6.51 Å². The molecule has 0 aliphatic carbocycles. The predicted octanol–water partition coefficient (Wildman–Crippen LogP) is 4.25. The van der Waals surface area contributed by atoms with E-state index in [2.05, 4.69) is 25.9 Å². The molecule has 1 spiro atoms. The van der Waals surface area contributed by atoms with Crippen LogP contribution in [0, 0.1) is 0 Å². The SMILES string of the molecule is C=C(C(C)N(C)C)[C]12[CH]3[CH]4[CH]5[CH]1[Fe]45321678[CH]2[CH]1[CH]6[CH]7[CH]28. The number of likely N-dealkylation sites (N-methyl/N-ethyl adjacent to an activating group) is 1. The maximum absolute atomic E-state index is 4.76. The van der Waals surface area contributed by atoms with Gasteiger partial charge in [-0.3, -0.25) is 0 Å². The molecule has 0 aromatic heterocycles. The van der Waals surface area contributed by atoms with Crippen molar-refractivity contribution in [2.75, 3.05) is 14.1 Å². The molecule has 5 atom stereocenters. The minimum atomic E-state index is -2.88. The zero-order valence-electron chi connectivity index (χ0n) is 11.3.